The van der Waals surface area contributed by atoms with Crippen LogP contribution in [0.5, 0.6) is 11.5 Å². The third-order valence-electron chi connectivity index (χ3n) is 3.10. The maximum Gasteiger partial charge on any atom is 0.317 e. The molecular formula is C16H26N2O3. The third kappa shape index (κ3) is 6.88. The van der Waals surface area contributed by atoms with Gasteiger partial charge in [0.05, 0.1) is 13.7 Å². The van der Waals surface area contributed by atoms with Crippen molar-refractivity contribution in [3.05, 3.63) is 24.3 Å². The van der Waals surface area contributed by atoms with Crippen LogP contribution in [0.1, 0.15) is 20.3 Å². The number of benzene rings is 1. The Morgan fingerprint density at radius 1 is 1.24 bits per heavy atom. The topological polar surface area (TPSA) is 50.8 Å². The molecule has 1 rings (SSSR count). The van der Waals surface area contributed by atoms with Gasteiger partial charge in [0.2, 0.25) is 0 Å². The number of methoxy groups -OCH3 is 1. The molecule has 0 heterocycles. The summed E-state index contributed by atoms with van der Waals surface area (Å²) in [6.07, 6.45) is 0.988. The van der Waals surface area contributed by atoms with Crippen molar-refractivity contribution < 1.29 is 14.3 Å². The van der Waals surface area contributed by atoms with Crippen molar-refractivity contribution in [2.24, 2.45) is 5.92 Å². The average molecular weight is 294 g/mol. The average Bonchev–Trinajstić information content (AvgIpc) is 2.47. The summed E-state index contributed by atoms with van der Waals surface area (Å²) in [4.78, 5) is 13.4. The van der Waals surface area contributed by atoms with E-state index >= 15 is 0 Å². The van der Waals surface area contributed by atoms with E-state index in [1.807, 2.05) is 24.3 Å². The second kappa shape index (κ2) is 9.10. The fraction of sp³-hybridized carbons (Fsp3) is 0.562. The molecule has 1 N–H and O–H groups in total. The van der Waals surface area contributed by atoms with E-state index in [1.54, 1.807) is 19.1 Å². The predicted octanol–water partition coefficient (Wildman–Crippen LogP) is 2.76. The number of hydrogen-bond donors (Lipinski definition) is 1. The fourth-order valence-corrected chi connectivity index (χ4v) is 1.68. The smallest absolute Gasteiger partial charge is 0.317 e. The first-order valence-electron chi connectivity index (χ1n) is 7.28. The van der Waals surface area contributed by atoms with Crippen molar-refractivity contribution in [1.82, 2.24) is 10.2 Å². The highest BCUT2D eigenvalue weighted by molar-refractivity contribution is 5.73. The number of ether oxygens (including phenoxy) is 2. The zero-order chi connectivity index (χ0) is 15.7. The lowest BCUT2D eigenvalue weighted by Gasteiger charge is -2.18. The molecule has 118 valence electrons. The van der Waals surface area contributed by atoms with E-state index in [9.17, 15) is 4.79 Å². The van der Waals surface area contributed by atoms with Gasteiger partial charge in [-0.05, 0) is 36.6 Å². The lowest BCUT2D eigenvalue weighted by molar-refractivity contribution is 0.195. The summed E-state index contributed by atoms with van der Waals surface area (Å²) < 4.78 is 10.7. The molecule has 0 aromatic heterocycles. The Bertz CT molecular complexity index is 418. The minimum Gasteiger partial charge on any atom is -0.497 e. The molecule has 0 aliphatic rings. The van der Waals surface area contributed by atoms with Gasteiger partial charge in [0.25, 0.3) is 0 Å². The van der Waals surface area contributed by atoms with Crippen molar-refractivity contribution in [3.63, 3.8) is 0 Å². The molecule has 2 amide bonds. The summed E-state index contributed by atoms with van der Waals surface area (Å²) in [5.41, 5.74) is 0. The van der Waals surface area contributed by atoms with Gasteiger partial charge in [-0.2, -0.15) is 0 Å². The Labute approximate surface area is 127 Å². The quantitative estimate of drug-likeness (QED) is 0.802. The van der Waals surface area contributed by atoms with E-state index in [2.05, 4.69) is 19.2 Å². The number of urea groups is 1. The van der Waals surface area contributed by atoms with Gasteiger partial charge in [-0.25, -0.2) is 4.79 Å². The van der Waals surface area contributed by atoms with Crippen LogP contribution in [0.3, 0.4) is 0 Å². The van der Waals surface area contributed by atoms with E-state index < -0.39 is 0 Å². The molecular weight excluding hydrogens is 268 g/mol. The maximum atomic E-state index is 11.8. The first-order valence-corrected chi connectivity index (χ1v) is 7.28. The highest BCUT2D eigenvalue weighted by Crippen LogP contribution is 2.16. The number of rotatable bonds is 8. The fourth-order valence-electron chi connectivity index (χ4n) is 1.68. The number of carbonyl (C=O) groups excluding carboxylic acids is 1. The van der Waals surface area contributed by atoms with Gasteiger partial charge in [0.1, 0.15) is 18.1 Å². The Morgan fingerprint density at radius 2 is 1.86 bits per heavy atom. The first-order chi connectivity index (χ1) is 10.0. The Balaban J connectivity index is 2.22. The Hall–Kier alpha value is -1.91. The lowest BCUT2D eigenvalue weighted by Crippen LogP contribution is -2.40. The van der Waals surface area contributed by atoms with Gasteiger partial charge >= 0.3 is 6.03 Å². The van der Waals surface area contributed by atoms with E-state index in [0.717, 1.165) is 17.9 Å². The molecule has 1 aromatic rings. The summed E-state index contributed by atoms with van der Waals surface area (Å²) in [6.45, 7) is 5.98. The summed E-state index contributed by atoms with van der Waals surface area (Å²) in [7, 11) is 3.39. The summed E-state index contributed by atoms with van der Waals surface area (Å²) >= 11 is 0. The van der Waals surface area contributed by atoms with E-state index in [1.165, 1.54) is 0 Å². The molecule has 0 saturated carbocycles. The minimum absolute atomic E-state index is 0.0611. The summed E-state index contributed by atoms with van der Waals surface area (Å²) in [6, 6.07) is 7.33. The highest BCUT2D eigenvalue weighted by atomic mass is 16.5. The largest absolute Gasteiger partial charge is 0.497 e. The second-order valence-corrected chi connectivity index (χ2v) is 5.36. The van der Waals surface area contributed by atoms with Crippen molar-refractivity contribution in [2.75, 3.05) is 33.9 Å². The van der Waals surface area contributed by atoms with E-state index in [4.69, 9.17) is 9.47 Å². The molecule has 0 unspecified atom stereocenters. The number of likely N-dealkylation sites (N-methyl/N-ethyl adjacent to an activating group) is 1. The third-order valence-corrected chi connectivity index (χ3v) is 3.10. The molecule has 0 bridgehead atoms. The van der Waals surface area contributed by atoms with Crippen LogP contribution in [0.4, 0.5) is 4.79 Å². The van der Waals surface area contributed by atoms with Gasteiger partial charge in [0, 0.05) is 13.6 Å². The van der Waals surface area contributed by atoms with Crippen LogP contribution in [0, 0.1) is 5.92 Å². The van der Waals surface area contributed by atoms with Crippen molar-refractivity contribution in [3.8, 4) is 11.5 Å². The maximum absolute atomic E-state index is 11.8. The lowest BCUT2D eigenvalue weighted by atomic mass is 10.1. The highest BCUT2D eigenvalue weighted by Gasteiger charge is 2.07. The number of carbonyl (C=O) groups is 1. The van der Waals surface area contributed by atoms with Gasteiger partial charge in [-0.1, -0.05) is 13.8 Å². The van der Waals surface area contributed by atoms with Gasteiger partial charge in [-0.15, -0.1) is 0 Å². The summed E-state index contributed by atoms with van der Waals surface area (Å²) in [5.74, 6) is 2.16. The molecule has 0 radical (unpaired) electrons. The SMILES string of the molecule is COc1ccc(OCCN(C)C(=O)NCCC(C)C)cc1. The molecule has 0 fully saturated rings. The predicted molar refractivity (Wildman–Crippen MR) is 84.0 cm³/mol. The number of amides is 2. The van der Waals surface area contributed by atoms with Crippen LogP contribution in [0.15, 0.2) is 24.3 Å². The van der Waals surface area contributed by atoms with Crippen LogP contribution in [-0.4, -0.2) is 44.8 Å². The van der Waals surface area contributed by atoms with Crippen LogP contribution in [0.2, 0.25) is 0 Å². The molecule has 5 heteroatoms. The second-order valence-electron chi connectivity index (χ2n) is 5.36. The van der Waals surface area contributed by atoms with Gasteiger partial charge in [0.15, 0.2) is 0 Å². The zero-order valence-corrected chi connectivity index (χ0v) is 13.4. The van der Waals surface area contributed by atoms with Crippen LogP contribution >= 0.6 is 0 Å². The number of nitrogens with zero attached hydrogens (tertiary/aromatic N) is 1. The molecule has 0 aliphatic heterocycles. The standard InChI is InChI=1S/C16H26N2O3/c1-13(2)9-10-17-16(19)18(3)11-12-21-15-7-5-14(20-4)6-8-15/h5-8,13H,9-12H2,1-4H3,(H,17,19). The van der Waals surface area contributed by atoms with Crippen molar-refractivity contribution in [2.45, 2.75) is 20.3 Å². The van der Waals surface area contributed by atoms with Crippen LogP contribution in [0.25, 0.3) is 0 Å². The Morgan fingerprint density at radius 3 is 2.43 bits per heavy atom. The van der Waals surface area contributed by atoms with Gasteiger partial charge in [-0.3, -0.25) is 0 Å². The minimum atomic E-state index is -0.0611. The molecule has 0 saturated heterocycles. The molecule has 0 aliphatic carbocycles. The first kappa shape index (κ1) is 17.1. The van der Waals surface area contributed by atoms with Crippen molar-refractivity contribution in [1.29, 1.82) is 0 Å². The normalized spacial score (nSPS) is 10.3. The van der Waals surface area contributed by atoms with Crippen molar-refractivity contribution >= 4 is 6.03 Å². The summed E-state index contributed by atoms with van der Waals surface area (Å²) in [5, 5.41) is 2.89. The molecule has 0 spiro atoms. The van der Waals surface area contributed by atoms with Crippen LogP contribution < -0.4 is 14.8 Å². The molecule has 21 heavy (non-hydrogen) atoms. The van der Waals surface area contributed by atoms with Gasteiger partial charge < -0.3 is 19.7 Å². The molecule has 0 atom stereocenters. The monoisotopic (exact) mass is 294 g/mol. The Kier molecular flexibility index (Phi) is 7.43. The van der Waals surface area contributed by atoms with E-state index in [0.29, 0.717) is 25.6 Å². The molecule has 5 nitrogen and oxygen atoms in total. The molecule has 1 aromatic carbocycles. The van der Waals surface area contributed by atoms with Crippen LogP contribution in [-0.2, 0) is 0 Å². The zero-order valence-electron chi connectivity index (χ0n) is 13.4. The number of nitrogens with one attached hydrogen (secondary N) is 1. The van der Waals surface area contributed by atoms with E-state index in [-0.39, 0.29) is 6.03 Å². The number of hydrogen-bond acceptors (Lipinski definition) is 3.